The highest BCUT2D eigenvalue weighted by Crippen LogP contribution is 2.44. The Labute approximate surface area is 193 Å². The van der Waals surface area contributed by atoms with Crippen LogP contribution in [0.25, 0.3) is 6.08 Å². The van der Waals surface area contributed by atoms with Crippen LogP contribution in [0, 0.1) is 23.2 Å². The van der Waals surface area contributed by atoms with Crippen molar-refractivity contribution < 1.29 is 14.3 Å². The maximum Gasteiger partial charge on any atom is 0.259 e. The molecule has 1 heterocycles. The zero-order valence-electron chi connectivity index (χ0n) is 18.4. The van der Waals surface area contributed by atoms with Gasteiger partial charge in [0.25, 0.3) is 5.91 Å². The quantitative estimate of drug-likeness (QED) is 0.543. The summed E-state index contributed by atoms with van der Waals surface area (Å²) in [5.74, 6) is 6.99. The number of fused-ring (bicyclic) bond motifs is 1. The van der Waals surface area contributed by atoms with Crippen molar-refractivity contribution >= 4 is 12.0 Å². The van der Waals surface area contributed by atoms with Gasteiger partial charge in [-0.3, -0.25) is 9.69 Å². The van der Waals surface area contributed by atoms with E-state index in [1.165, 1.54) is 4.90 Å². The van der Waals surface area contributed by atoms with Gasteiger partial charge in [-0.15, -0.1) is 0 Å². The summed E-state index contributed by atoms with van der Waals surface area (Å²) in [6.45, 7) is 0. The van der Waals surface area contributed by atoms with E-state index >= 15 is 0 Å². The Morgan fingerprint density at radius 3 is 2.24 bits per heavy atom. The Kier molecular flexibility index (Phi) is 6.15. The van der Waals surface area contributed by atoms with Crippen LogP contribution in [0.4, 0.5) is 0 Å². The molecule has 1 aliphatic rings. The fourth-order valence-corrected chi connectivity index (χ4v) is 3.89. The number of ether oxygens (including phenoxy) is 2. The highest BCUT2D eigenvalue weighted by molar-refractivity contribution is 5.97. The van der Waals surface area contributed by atoms with E-state index in [1.807, 2.05) is 42.5 Å². The van der Waals surface area contributed by atoms with Crippen molar-refractivity contribution in [1.29, 1.82) is 5.26 Å². The number of nitrogens with zero attached hydrogens (tertiary/aromatic N) is 2. The number of nitriles is 1. The molecule has 0 saturated carbocycles. The number of carbonyl (C=O) groups is 1. The topological polar surface area (TPSA) is 62.6 Å². The SMILES string of the molecule is COc1cc2c(cc1OC)[C@@](C#N)(CC#Cc1ccccc1)N(C(=O)c1ccccc1)C=C2. The number of rotatable bonds is 4. The first-order chi connectivity index (χ1) is 16.1. The summed E-state index contributed by atoms with van der Waals surface area (Å²) < 4.78 is 10.9. The fourth-order valence-electron chi connectivity index (χ4n) is 3.89. The molecule has 0 spiro atoms. The van der Waals surface area contributed by atoms with Crippen LogP contribution in [0.2, 0.25) is 0 Å². The lowest BCUT2D eigenvalue weighted by Crippen LogP contribution is -2.47. The van der Waals surface area contributed by atoms with Crippen LogP contribution >= 0.6 is 0 Å². The van der Waals surface area contributed by atoms with Gasteiger partial charge in [-0.25, -0.2) is 0 Å². The lowest BCUT2D eigenvalue weighted by Gasteiger charge is -2.39. The van der Waals surface area contributed by atoms with Crippen LogP contribution in [0.15, 0.2) is 79.0 Å². The Morgan fingerprint density at radius 2 is 1.61 bits per heavy atom. The van der Waals surface area contributed by atoms with Gasteiger partial charge in [-0.05, 0) is 48.0 Å². The number of amides is 1. The van der Waals surface area contributed by atoms with Gasteiger partial charge in [0.15, 0.2) is 17.0 Å². The summed E-state index contributed by atoms with van der Waals surface area (Å²) in [4.78, 5) is 15.0. The fraction of sp³-hybridized carbons (Fsp3) is 0.143. The minimum Gasteiger partial charge on any atom is -0.493 e. The maximum atomic E-state index is 13.5. The Morgan fingerprint density at radius 1 is 0.970 bits per heavy atom. The average molecular weight is 434 g/mol. The first-order valence-electron chi connectivity index (χ1n) is 10.4. The minimum absolute atomic E-state index is 0.115. The van der Waals surface area contributed by atoms with Crippen molar-refractivity contribution in [1.82, 2.24) is 4.90 Å². The predicted molar refractivity (Wildman–Crippen MR) is 126 cm³/mol. The van der Waals surface area contributed by atoms with Gasteiger partial charge >= 0.3 is 0 Å². The van der Waals surface area contributed by atoms with Gasteiger partial charge in [-0.2, -0.15) is 5.26 Å². The van der Waals surface area contributed by atoms with Crippen LogP contribution in [0.5, 0.6) is 11.5 Å². The Balaban J connectivity index is 1.86. The molecular formula is C28H22N2O3. The molecule has 0 fully saturated rings. The summed E-state index contributed by atoms with van der Waals surface area (Å²) in [5.41, 5.74) is 1.38. The molecular weight excluding hydrogens is 412 g/mol. The second-order valence-electron chi connectivity index (χ2n) is 7.47. The minimum atomic E-state index is -1.35. The molecule has 162 valence electrons. The molecule has 0 saturated heterocycles. The van der Waals surface area contributed by atoms with Crippen molar-refractivity contribution in [2.75, 3.05) is 14.2 Å². The van der Waals surface area contributed by atoms with E-state index in [2.05, 4.69) is 17.9 Å². The van der Waals surface area contributed by atoms with E-state index in [4.69, 9.17) is 9.47 Å². The van der Waals surface area contributed by atoms with Crippen molar-refractivity contribution in [2.24, 2.45) is 0 Å². The molecule has 33 heavy (non-hydrogen) atoms. The average Bonchev–Trinajstić information content (AvgIpc) is 2.88. The predicted octanol–water partition coefficient (Wildman–Crippen LogP) is 4.99. The number of methoxy groups -OCH3 is 2. The highest BCUT2D eigenvalue weighted by Gasteiger charge is 2.44. The van der Waals surface area contributed by atoms with E-state index in [0.717, 1.165) is 11.1 Å². The van der Waals surface area contributed by atoms with E-state index in [0.29, 0.717) is 22.6 Å². The van der Waals surface area contributed by atoms with Crippen molar-refractivity contribution in [2.45, 2.75) is 12.0 Å². The molecule has 0 radical (unpaired) electrons. The number of carbonyl (C=O) groups excluding carboxylic acids is 1. The normalized spacial score (nSPS) is 16.1. The molecule has 3 aromatic rings. The standard InChI is InChI=1S/C28H22N2O3/c1-32-25-18-23-15-17-30(27(31)22-13-7-4-8-14-22)28(20-29,24(23)19-26(25)33-2)16-9-12-21-10-5-3-6-11-21/h3-8,10-11,13-15,17-19H,16H2,1-2H3/t28-/m0/s1. The third-order valence-electron chi connectivity index (χ3n) is 5.59. The van der Waals surface area contributed by atoms with E-state index in [-0.39, 0.29) is 12.3 Å². The molecule has 3 aromatic carbocycles. The molecule has 5 nitrogen and oxygen atoms in total. The van der Waals surface area contributed by atoms with Crippen LogP contribution < -0.4 is 9.47 Å². The van der Waals surface area contributed by atoms with Crippen molar-refractivity contribution in [3.05, 3.63) is 101 Å². The van der Waals surface area contributed by atoms with E-state index in [1.54, 1.807) is 56.8 Å². The molecule has 1 amide bonds. The third-order valence-corrected chi connectivity index (χ3v) is 5.59. The van der Waals surface area contributed by atoms with Crippen LogP contribution in [-0.2, 0) is 5.54 Å². The largest absolute Gasteiger partial charge is 0.493 e. The second-order valence-corrected chi connectivity index (χ2v) is 7.47. The molecule has 0 aliphatic carbocycles. The monoisotopic (exact) mass is 434 g/mol. The van der Waals surface area contributed by atoms with Crippen LogP contribution in [0.3, 0.4) is 0 Å². The van der Waals surface area contributed by atoms with Gasteiger partial charge in [0.2, 0.25) is 0 Å². The first-order valence-corrected chi connectivity index (χ1v) is 10.4. The summed E-state index contributed by atoms with van der Waals surface area (Å²) in [5, 5.41) is 10.5. The molecule has 1 atom stereocenters. The van der Waals surface area contributed by atoms with E-state index < -0.39 is 5.54 Å². The highest BCUT2D eigenvalue weighted by atomic mass is 16.5. The summed E-state index contributed by atoms with van der Waals surface area (Å²) >= 11 is 0. The second kappa shape index (κ2) is 9.34. The van der Waals surface area contributed by atoms with Gasteiger partial charge in [0.05, 0.1) is 26.7 Å². The van der Waals surface area contributed by atoms with Crippen molar-refractivity contribution in [3.63, 3.8) is 0 Å². The van der Waals surface area contributed by atoms with Crippen LogP contribution in [-0.4, -0.2) is 25.0 Å². The van der Waals surface area contributed by atoms with Gasteiger partial charge in [0, 0.05) is 22.9 Å². The van der Waals surface area contributed by atoms with Gasteiger partial charge in [-0.1, -0.05) is 48.2 Å². The Hall–Kier alpha value is -4.48. The molecule has 1 aliphatic heterocycles. The smallest absolute Gasteiger partial charge is 0.259 e. The molecule has 4 rings (SSSR count). The molecule has 5 heteroatoms. The number of hydrogen-bond acceptors (Lipinski definition) is 4. The van der Waals surface area contributed by atoms with E-state index in [9.17, 15) is 10.1 Å². The number of hydrogen-bond donors (Lipinski definition) is 0. The third kappa shape index (κ3) is 4.05. The summed E-state index contributed by atoms with van der Waals surface area (Å²) in [7, 11) is 3.10. The lowest BCUT2D eigenvalue weighted by atomic mass is 9.80. The van der Waals surface area contributed by atoms with Gasteiger partial charge in [0.1, 0.15) is 0 Å². The summed E-state index contributed by atoms with van der Waals surface area (Å²) in [6.07, 6.45) is 3.57. The maximum absolute atomic E-state index is 13.5. The zero-order valence-corrected chi connectivity index (χ0v) is 18.4. The molecule has 0 bridgehead atoms. The first kappa shape index (κ1) is 21.7. The molecule has 0 unspecified atom stereocenters. The lowest BCUT2D eigenvalue weighted by molar-refractivity contribution is 0.0702. The molecule has 0 aromatic heterocycles. The van der Waals surface area contributed by atoms with Gasteiger partial charge < -0.3 is 9.47 Å². The zero-order chi connectivity index (χ0) is 23.3. The van der Waals surface area contributed by atoms with Crippen LogP contribution in [0.1, 0.15) is 33.5 Å². The van der Waals surface area contributed by atoms with Crippen molar-refractivity contribution in [3.8, 4) is 29.4 Å². The Bertz CT molecular complexity index is 1300. The molecule has 0 N–H and O–H groups in total. The number of benzene rings is 3. The summed E-state index contributed by atoms with van der Waals surface area (Å²) in [6, 6.07) is 24.4.